The first-order chi connectivity index (χ1) is 7.24. The van der Waals surface area contributed by atoms with Gasteiger partial charge in [-0.25, -0.2) is 0 Å². The van der Waals surface area contributed by atoms with Gasteiger partial charge in [-0.3, -0.25) is 0 Å². The van der Waals surface area contributed by atoms with Crippen molar-refractivity contribution in [1.82, 2.24) is 0 Å². The maximum atomic E-state index is 5.62. The van der Waals surface area contributed by atoms with Gasteiger partial charge in [0, 0.05) is 5.25 Å². The molecule has 2 N–H and O–H groups in total. The van der Waals surface area contributed by atoms with Crippen LogP contribution in [0, 0.1) is 0 Å². The largest absolute Gasteiger partial charge is 0.337 e. The van der Waals surface area contributed by atoms with E-state index in [1.165, 1.54) is 0 Å². The van der Waals surface area contributed by atoms with Gasteiger partial charge in [0.15, 0.2) is 6.23 Å². The zero-order chi connectivity index (χ0) is 10.7. The second-order valence-electron chi connectivity index (χ2n) is 4.40. The smallest absolute Gasteiger partial charge is 0.170 e. The number of nitrogens with two attached hydrogens (primary N) is 1. The molecule has 5 heteroatoms. The topological polar surface area (TPSA) is 60.0 Å². The third kappa shape index (κ3) is 3.43. The Morgan fingerprint density at radius 2 is 1.73 bits per heavy atom. The van der Waals surface area contributed by atoms with Crippen molar-refractivity contribution in [2.75, 3.05) is 0 Å². The molecule has 1 aliphatic carbocycles. The molecule has 1 saturated heterocycles. The van der Waals surface area contributed by atoms with E-state index < -0.39 is 0 Å². The van der Waals surface area contributed by atoms with Crippen molar-refractivity contribution in [3.8, 4) is 0 Å². The van der Waals surface area contributed by atoms with E-state index >= 15 is 0 Å². The molecule has 2 atom stereocenters. The Hall–Kier alpha value is -0.130. The lowest BCUT2D eigenvalue weighted by atomic mass is 9.96. The Morgan fingerprint density at radius 3 is 2.33 bits per heavy atom. The van der Waals surface area contributed by atoms with Crippen LogP contribution in [0.5, 0.6) is 0 Å². The van der Waals surface area contributed by atoms with E-state index in [2.05, 4.69) is 22.9 Å². The first-order valence-electron chi connectivity index (χ1n) is 5.73. The van der Waals surface area contributed by atoms with E-state index in [1.54, 1.807) is 0 Å². The summed E-state index contributed by atoms with van der Waals surface area (Å²) >= 11 is 4.46. The van der Waals surface area contributed by atoms with Gasteiger partial charge in [0.05, 0.1) is 6.04 Å². The molecule has 0 amide bonds. The summed E-state index contributed by atoms with van der Waals surface area (Å²) in [6.07, 6.45) is 6.10. The van der Waals surface area contributed by atoms with Gasteiger partial charge in [-0.2, -0.15) is 22.9 Å². The van der Waals surface area contributed by atoms with E-state index in [0.29, 0.717) is 11.3 Å². The number of hydrogen-bond donors (Lipinski definition) is 2. The van der Waals surface area contributed by atoms with Gasteiger partial charge in [0.2, 0.25) is 0 Å². The molecule has 1 heterocycles. The lowest BCUT2D eigenvalue weighted by Gasteiger charge is -2.21. The van der Waals surface area contributed by atoms with Crippen molar-refractivity contribution in [1.29, 1.82) is 0 Å². The molecule has 0 bridgehead atoms. The molecule has 86 valence electrons. The van der Waals surface area contributed by atoms with Crippen LogP contribution in [0.1, 0.15) is 38.5 Å². The van der Waals surface area contributed by atoms with Crippen LogP contribution in [-0.4, -0.2) is 23.7 Å². The Labute approximate surface area is 96.1 Å². The molecule has 2 fully saturated rings. The maximum absolute atomic E-state index is 5.62. The Bertz CT molecular complexity index is 229. The van der Waals surface area contributed by atoms with Crippen molar-refractivity contribution in [3.05, 3.63) is 0 Å². The van der Waals surface area contributed by atoms with Gasteiger partial charge in [0.1, 0.15) is 6.23 Å². The fourth-order valence-corrected chi connectivity index (χ4v) is 2.37. The molecule has 15 heavy (non-hydrogen) atoms. The van der Waals surface area contributed by atoms with Gasteiger partial charge in [-0.15, -0.1) is 0 Å². The van der Waals surface area contributed by atoms with Crippen LogP contribution in [0.2, 0.25) is 0 Å². The first kappa shape index (κ1) is 11.4. The number of hydrogen-bond acceptors (Lipinski definition) is 5. The van der Waals surface area contributed by atoms with Crippen molar-refractivity contribution in [2.24, 2.45) is 16.0 Å². The van der Waals surface area contributed by atoms with Gasteiger partial charge < -0.3 is 10.5 Å². The molecule has 2 aliphatic rings. The second kappa shape index (κ2) is 5.27. The number of thiol groups is 1. The van der Waals surface area contributed by atoms with E-state index in [-0.39, 0.29) is 12.5 Å². The first-order valence-corrected chi connectivity index (χ1v) is 6.25. The summed E-state index contributed by atoms with van der Waals surface area (Å²) in [6, 6.07) is 0.383. The Kier molecular flexibility index (Phi) is 3.99. The van der Waals surface area contributed by atoms with Crippen LogP contribution in [0.15, 0.2) is 10.2 Å². The van der Waals surface area contributed by atoms with Crippen molar-refractivity contribution in [2.45, 2.75) is 62.3 Å². The van der Waals surface area contributed by atoms with Crippen LogP contribution in [-0.2, 0) is 4.74 Å². The minimum atomic E-state index is -0.137. The average Bonchev–Trinajstić information content (AvgIpc) is 2.64. The molecule has 1 aliphatic heterocycles. The van der Waals surface area contributed by atoms with Gasteiger partial charge >= 0.3 is 0 Å². The van der Waals surface area contributed by atoms with Crippen LogP contribution in [0.4, 0.5) is 0 Å². The lowest BCUT2D eigenvalue weighted by Crippen LogP contribution is -2.19. The highest BCUT2D eigenvalue weighted by Gasteiger charge is 2.23. The SMILES string of the molecule is NC1CCC(N=NC2CCC(S)CC2)O1. The number of nitrogens with zero attached hydrogens (tertiary/aromatic N) is 2. The van der Waals surface area contributed by atoms with Crippen LogP contribution < -0.4 is 5.73 Å². The van der Waals surface area contributed by atoms with Crippen molar-refractivity contribution < 1.29 is 4.74 Å². The summed E-state index contributed by atoms with van der Waals surface area (Å²) in [7, 11) is 0. The number of azo groups is 1. The van der Waals surface area contributed by atoms with E-state index in [9.17, 15) is 0 Å². The highest BCUT2D eigenvalue weighted by molar-refractivity contribution is 7.80. The van der Waals surface area contributed by atoms with Gasteiger partial charge in [-0.05, 0) is 38.5 Å². The molecule has 0 aromatic heterocycles. The molecule has 4 nitrogen and oxygen atoms in total. The average molecular weight is 229 g/mol. The Balaban J connectivity index is 1.74. The summed E-state index contributed by atoms with van der Waals surface area (Å²) in [5.74, 6) is 0. The predicted molar refractivity (Wildman–Crippen MR) is 62.0 cm³/mol. The van der Waals surface area contributed by atoms with Crippen LogP contribution in [0.3, 0.4) is 0 Å². The lowest BCUT2D eigenvalue weighted by molar-refractivity contribution is 0.0491. The molecular weight excluding hydrogens is 210 g/mol. The molecule has 0 radical (unpaired) electrons. The minimum Gasteiger partial charge on any atom is -0.337 e. The van der Waals surface area contributed by atoms with Crippen LogP contribution in [0.25, 0.3) is 0 Å². The third-order valence-corrected chi connectivity index (χ3v) is 3.57. The monoisotopic (exact) mass is 229 g/mol. The van der Waals surface area contributed by atoms with Crippen molar-refractivity contribution in [3.63, 3.8) is 0 Å². The second-order valence-corrected chi connectivity index (χ2v) is 5.13. The molecule has 0 spiro atoms. The zero-order valence-electron chi connectivity index (χ0n) is 8.88. The maximum Gasteiger partial charge on any atom is 0.170 e. The summed E-state index contributed by atoms with van der Waals surface area (Å²) in [5.41, 5.74) is 5.62. The molecular formula is C10H19N3OS. The number of rotatable bonds is 2. The quantitative estimate of drug-likeness (QED) is 0.562. The predicted octanol–water partition coefficient (Wildman–Crippen LogP) is 2.10. The summed E-state index contributed by atoms with van der Waals surface area (Å²) in [5, 5.41) is 9.13. The van der Waals surface area contributed by atoms with Crippen LogP contribution >= 0.6 is 12.6 Å². The summed E-state index contributed by atoms with van der Waals surface area (Å²) in [4.78, 5) is 0. The fraction of sp³-hybridized carbons (Fsp3) is 1.00. The summed E-state index contributed by atoms with van der Waals surface area (Å²) < 4.78 is 5.38. The van der Waals surface area contributed by atoms with E-state index in [1.807, 2.05) is 0 Å². The summed E-state index contributed by atoms with van der Waals surface area (Å²) in [6.45, 7) is 0. The molecule has 2 unspecified atom stereocenters. The third-order valence-electron chi connectivity index (χ3n) is 3.05. The van der Waals surface area contributed by atoms with Gasteiger partial charge in [-0.1, -0.05) is 0 Å². The van der Waals surface area contributed by atoms with E-state index in [0.717, 1.165) is 38.5 Å². The molecule has 1 saturated carbocycles. The standard InChI is InChI=1S/C10H19N3OS/c11-9-5-6-10(14-9)13-12-7-1-3-8(15)4-2-7/h7-10,15H,1-6,11H2. The minimum absolute atomic E-state index is 0.0891. The zero-order valence-corrected chi connectivity index (χ0v) is 9.77. The normalized spacial score (nSPS) is 42.5. The van der Waals surface area contributed by atoms with Crippen molar-refractivity contribution >= 4 is 12.6 Å². The number of ether oxygens (including phenoxy) is 1. The Morgan fingerprint density at radius 1 is 1.00 bits per heavy atom. The molecule has 0 aromatic carbocycles. The fourth-order valence-electron chi connectivity index (χ4n) is 2.07. The molecule has 2 rings (SSSR count). The van der Waals surface area contributed by atoms with E-state index in [4.69, 9.17) is 10.5 Å². The highest BCUT2D eigenvalue weighted by Crippen LogP contribution is 2.26. The molecule has 0 aromatic rings. The highest BCUT2D eigenvalue weighted by atomic mass is 32.1. The van der Waals surface area contributed by atoms with Gasteiger partial charge in [0.25, 0.3) is 0 Å².